The summed E-state index contributed by atoms with van der Waals surface area (Å²) in [5.74, 6) is 0.822. The average molecular weight is 235 g/mol. The third-order valence-corrected chi connectivity index (χ3v) is 3.24. The van der Waals surface area contributed by atoms with Gasteiger partial charge in [-0.05, 0) is 25.8 Å². The molecule has 5 nitrogen and oxygen atoms in total. The van der Waals surface area contributed by atoms with Crippen LogP contribution < -0.4 is 4.90 Å². The molecule has 0 aromatic carbocycles. The molecule has 1 N–H and O–H groups in total. The van der Waals surface area contributed by atoms with E-state index in [1.807, 2.05) is 19.1 Å². The normalized spacial score (nSPS) is 19.1. The minimum Gasteiger partial charge on any atom is -0.390 e. The summed E-state index contributed by atoms with van der Waals surface area (Å²) < 4.78 is 0. The van der Waals surface area contributed by atoms with Crippen molar-refractivity contribution < 1.29 is 5.11 Å². The number of rotatable bonds is 3. The average Bonchev–Trinajstić information content (AvgIpc) is 2.31. The van der Waals surface area contributed by atoms with Crippen molar-refractivity contribution in [2.45, 2.75) is 31.9 Å². The summed E-state index contributed by atoms with van der Waals surface area (Å²) in [6.45, 7) is 3.53. The van der Waals surface area contributed by atoms with Crippen molar-refractivity contribution in [1.82, 2.24) is 4.98 Å². The molecule has 1 fully saturated rings. The van der Waals surface area contributed by atoms with E-state index in [1.54, 1.807) is 6.20 Å². The topological polar surface area (TPSA) is 65.8 Å². The molecule has 0 radical (unpaired) electrons. The first-order chi connectivity index (χ1) is 8.12. The molecule has 5 heteroatoms. The van der Waals surface area contributed by atoms with E-state index in [0.717, 1.165) is 37.3 Å². The molecule has 1 aromatic heterocycles. The minimum atomic E-state index is -0.575. The first kappa shape index (κ1) is 12.0. The smallest absolute Gasteiger partial charge is 0.133 e. The Labute approximate surface area is 100 Å². The van der Waals surface area contributed by atoms with Gasteiger partial charge in [0.1, 0.15) is 12.4 Å². The molecular formula is C12H17N3O2. The number of aromatic nitrogens is 1. The fraction of sp³-hybridized carbons (Fsp3) is 0.583. The van der Waals surface area contributed by atoms with E-state index >= 15 is 0 Å². The lowest BCUT2D eigenvalue weighted by Crippen LogP contribution is -2.43. The van der Waals surface area contributed by atoms with Crippen molar-refractivity contribution in [2.75, 3.05) is 18.0 Å². The number of pyridine rings is 1. The van der Waals surface area contributed by atoms with Crippen molar-refractivity contribution in [1.29, 1.82) is 0 Å². The molecule has 1 saturated heterocycles. The third kappa shape index (κ3) is 2.79. The molecule has 2 rings (SSSR count). The number of hydrogen-bond acceptors (Lipinski definition) is 5. The second kappa shape index (κ2) is 4.79. The van der Waals surface area contributed by atoms with Crippen molar-refractivity contribution in [3.63, 3.8) is 0 Å². The number of piperidine rings is 1. The van der Waals surface area contributed by atoms with Crippen LogP contribution in [0.5, 0.6) is 0 Å². The highest BCUT2D eigenvalue weighted by Gasteiger charge is 2.28. The Morgan fingerprint density at radius 1 is 1.53 bits per heavy atom. The van der Waals surface area contributed by atoms with Crippen molar-refractivity contribution in [2.24, 2.45) is 5.18 Å². The fourth-order valence-corrected chi connectivity index (χ4v) is 2.11. The van der Waals surface area contributed by atoms with Gasteiger partial charge >= 0.3 is 0 Å². The van der Waals surface area contributed by atoms with Crippen LogP contribution in [-0.2, 0) is 6.54 Å². The fourth-order valence-electron chi connectivity index (χ4n) is 2.11. The lowest BCUT2D eigenvalue weighted by atomic mass is 9.93. The summed E-state index contributed by atoms with van der Waals surface area (Å²) in [5.41, 5.74) is 0.276. The standard InChI is InChI=1S/C12H17N3O2/c1-12(16)4-7-15(8-5-12)11-10(9-14-17)3-2-6-13-11/h2-3,6,16H,4-5,7-9H2,1H3. The van der Waals surface area contributed by atoms with E-state index in [1.165, 1.54) is 0 Å². The summed E-state index contributed by atoms with van der Waals surface area (Å²) >= 11 is 0. The van der Waals surface area contributed by atoms with Crippen LogP contribution in [0, 0.1) is 4.91 Å². The first-order valence-corrected chi connectivity index (χ1v) is 5.83. The van der Waals surface area contributed by atoms with Gasteiger partial charge in [0.2, 0.25) is 0 Å². The number of nitroso groups, excluding NO2 is 1. The number of nitrogens with zero attached hydrogens (tertiary/aromatic N) is 3. The van der Waals surface area contributed by atoms with Crippen LogP contribution in [0.25, 0.3) is 0 Å². The Morgan fingerprint density at radius 2 is 2.24 bits per heavy atom. The highest BCUT2D eigenvalue weighted by molar-refractivity contribution is 5.47. The molecule has 0 bridgehead atoms. The van der Waals surface area contributed by atoms with Crippen LogP contribution in [-0.4, -0.2) is 28.8 Å². The molecule has 1 aliphatic heterocycles. The van der Waals surface area contributed by atoms with Gasteiger partial charge in [0.05, 0.1) is 5.60 Å². The van der Waals surface area contributed by atoms with Crippen LogP contribution in [0.4, 0.5) is 5.82 Å². The molecule has 0 aliphatic carbocycles. The maximum atomic E-state index is 10.4. The Hall–Kier alpha value is -1.49. The Morgan fingerprint density at radius 3 is 2.88 bits per heavy atom. The quantitative estimate of drug-likeness (QED) is 0.810. The predicted molar refractivity (Wildman–Crippen MR) is 65.8 cm³/mol. The minimum absolute atomic E-state index is 0.149. The number of anilines is 1. The third-order valence-electron chi connectivity index (χ3n) is 3.24. The van der Waals surface area contributed by atoms with Gasteiger partial charge in [0.15, 0.2) is 0 Å². The molecule has 0 unspecified atom stereocenters. The summed E-state index contributed by atoms with van der Waals surface area (Å²) in [6.07, 6.45) is 3.16. The van der Waals surface area contributed by atoms with E-state index < -0.39 is 5.60 Å². The molecule has 1 aromatic rings. The second-order valence-corrected chi connectivity index (χ2v) is 4.76. The largest absolute Gasteiger partial charge is 0.390 e. The monoisotopic (exact) mass is 235 g/mol. The molecule has 17 heavy (non-hydrogen) atoms. The highest BCUT2D eigenvalue weighted by Crippen LogP contribution is 2.26. The lowest BCUT2D eigenvalue weighted by Gasteiger charge is -2.37. The van der Waals surface area contributed by atoms with Gasteiger partial charge in [-0.3, -0.25) is 0 Å². The zero-order valence-corrected chi connectivity index (χ0v) is 9.96. The molecule has 92 valence electrons. The second-order valence-electron chi connectivity index (χ2n) is 4.76. The van der Waals surface area contributed by atoms with Gasteiger partial charge in [0.25, 0.3) is 0 Å². The summed E-state index contributed by atoms with van der Waals surface area (Å²) in [5, 5.41) is 12.8. The molecule has 1 aliphatic rings. The Balaban J connectivity index is 2.15. The van der Waals surface area contributed by atoms with Crippen LogP contribution in [0.2, 0.25) is 0 Å². The van der Waals surface area contributed by atoms with E-state index in [-0.39, 0.29) is 6.54 Å². The summed E-state index contributed by atoms with van der Waals surface area (Å²) in [6, 6.07) is 3.68. The molecule has 0 spiro atoms. The first-order valence-electron chi connectivity index (χ1n) is 5.83. The van der Waals surface area contributed by atoms with Crippen LogP contribution in [0.15, 0.2) is 23.5 Å². The summed E-state index contributed by atoms with van der Waals surface area (Å²) in [4.78, 5) is 16.8. The molecule has 0 amide bonds. The van der Waals surface area contributed by atoms with E-state index in [0.29, 0.717) is 0 Å². The van der Waals surface area contributed by atoms with Crippen molar-refractivity contribution >= 4 is 5.82 Å². The predicted octanol–water partition coefficient (Wildman–Crippen LogP) is 1.70. The van der Waals surface area contributed by atoms with E-state index in [9.17, 15) is 10.0 Å². The SMILES string of the molecule is CC1(O)CCN(c2ncccc2CN=O)CC1. The Bertz CT molecular complexity index is 396. The molecule has 0 saturated carbocycles. The summed E-state index contributed by atoms with van der Waals surface area (Å²) in [7, 11) is 0. The van der Waals surface area contributed by atoms with Gasteiger partial charge in [-0.2, -0.15) is 4.91 Å². The van der Waals surface area contributed by atoms with Gasteiger partial charge in [-0.25, -0.2) is 4.98 Å². The molecular weight excluding hydrogens is 218 g/mol. The van der Waals surface area contributed by atoms with Crippen molar-refractivity contribution in [3.8, 4) is 0 Å². The molecule has 2 heterocycles. The van der Waals surface area contributed by atoms with Crippen LogP contribution >= 0.6 is 0 Å². The zero-order chi connectivity index (χ0) is 12.3. The van der Waals surface area contributed by atoms with Crippen LogP contribution in [0.1, 0.15) is 25.3 Å². The highest BCUT2D eigenvalue weighted by atomic mass is 16.3. The maximum Gasteiger partial charge on any atom is 0.133 e. The van der Waals surface area contributed by atoms with Gasteiger partial charge < -0.3 is 10.0 Å². The number of aliphatic hydroxyl groups is 1. The number of hydrogen-bond donors (Lipinski definition) is 1. The van der Waals surface area contributed by atoms with Gasteiger partial charge in [0, 0.05) is 24.8 Å². The van der Waals surface area contributed by atoms with Crippen LogP contribution in [0.3, 0.4) is 0 Å². The van der Waals surface area contributed by atoms with Gasteiger partial charge in [-0.15, -0.1) is 0 Å². The van der Waals surface area contributed by atoms with Gasteiger partial charge in [-0.1, -0.05) is 11.2 Å². The zero-order valence-electron chi connectivity index (χ0n) is 9.96. The molecule has 0 atom stereocenters. The Kier molecular flexibility index (Phi) is 3.38. The van der Waals surface area contributed by atoms with E-state index in [2.05, 4.69) is 15.1 Å². The maximum absolute atomic E-state index is 10.4. The van der Waals surface area contributed by atoms with Crippen molar-refractivity contribution in [3.05, 3.63) is 28.8 Å². The lowest BCUT2D eigenvalue weighted by molar-refractivity contribution is 0.0350. The van der Waals surface area contributed by atoms with E-state index in [4.69, 9.17) is 0 Å².